The topological polar surface area (TPSA) is 20.3 Å². The molecular weight excluding hydrogens is 286 g/mol. The summed E-state index contributed by atoms with van der Waals surface area (Å²) in [7, 11) is 0. The maximum atomic E-state index is 13.8. The highest BCUT2D eigenvalue weighted by atomic mass is 19.2. The zero-order chi connectivity index (χ0) is 15.2. The van der Waals surface area contributed by atoms with Crippen LogP contribution in [0.5, 0.6) is 0 Å². The van der Waals surface area contributed by atoms with Crippen LogP contribution in [-0.4, -0.2) is 22.9 Å². The molecule has 6 heteroatoms. The Morgan fingerprint density at radius 3 is 2.38 bits per heavy atom. The fraction of sp³-hybridized carbons (Fsp3) is 0.400. The van der Waals surface area contributed by atoms with Gasteiger partial charge >= 0.3 is 0 Å². The minimum Gasteiger partial charge on any atom is -0.326 e. The lowest BCUT2D eigenvalue weighted by atomic mass is 9.96. The second kappa shape index (κ2) is 4.86. The average Bonchev–Trinajstić information content (AvgIpc) is 3.11. The summed E-state index contributed by atoms with van der Waals surface area (Å²) in [6.07, 6.45) is 7.03. The molecule has 1 heterocycles. The van der Waals surface area contributed by atoms with E-state index in [-0.39, 0.29) is 6.54 Å². The molecule has 0 bridgehead atoms. The smallest absolute Gasteiger partial charge is 0.258 e. The highest BCUT2D eigenvalue weighted by Gasteiger charge is 2.43. The Bertz CT molecular complexity index is 635. The zero-order valence-electron chi connectivity index (χ0n) is 11.1. The lowest BCUT2D eigenvalue weighted by Crippen LogP contribution is -2.46. The standard InChI is InChI=1S/C15H13F4NO/c16-10-8-9(11(17)13(19)12(10)18)14(21)20-7-3-6-15(20)4-1-2-5-15/h3,6,8H,1-2,4-5,7H2. The fourth-order valence-corrected chi connectivity index (χ4v) is 3.23. The molecule has 0 radical (unpaired) electrons. The molecule has 0 aromatic heterocycles. The van der Waals surface area contributed by atoms with Crippen molar-refractivity contribution in [1.82, 2.24) is 4.90 Å². The van der Waals surface area contributed by atoms with Crippen molar-refractivity contribution in [2.75, 3.05) is 6.54 Å². The summed E-state index contributed by atoms with van der Waals surface area (Å²) >= 11 is 0. The predicted molar refractivity (Wildman–Crippen MR) is 67.6 cm³/mol. The Labute approximate surface area is 119 Å². The molecule has 1 aliphatic carbocycles. The van der Waals surface area contributed by atoms with E-state index in [9.17, 15) is 22.4 Å². The van der Waals surface area contributed by atoms with E-state index in [1.165, 1.54) is 4.90 Å². The molecule has 112 valence electrons. The first-order valence-electron chi connectivity index (χ1n) is 6.79. The third-order valence-electron chi connectivity index (χ3n) is 4.30. The van der Waals surface area contributed by atoms with Crippen LogP contribution in [0.25, 0.3) is 0 Å². The van der Waals surface area contributed by atoms with E-state index in [2.05, 4.69) is 0 Å². The lowest BCUT2D eigenvalue weighted by Gasteiger charge is -2.34. The average molecular weight is 299 g/mol. The van der Waals surface area contributed by atoms with Gasteiger partial charge in [0.1, 0.15) is 0 Å². The minimum atomic E-state index is -1.95. The van der Waals surface area contributed by atoms with E-state index in [4.69, 9.17) is 0 Å². The Morgan fingerprint density at radius 1 is 1.05 bits per heavy atom. The van der Waals surface area contributed by atoms with Gasteiger partial charge in [0.25, 0.3) is 5.91 Å². The van der Waals surface area contributed by atoms with Gasteiger partial charge < -0.3 is 4.90 Å². The summed E-state index contributed by atoms with van der Waals surface area (Å²) in [6, 6.07) is 0.428. The molecule has 1 fully saturated rings. The number of benzene rings is 1. The van der Waals surface area contributed by atoms with Gasteiger partial charge in [0.2, 0.25) is 0 Å². The minimum absolute atomic E-state index is 0.263. The number of amides is 1. The van der Waals surface area contributed by atoms with E-state index < -0.39 is 40.3 Å². The van der Waals surface area contributed by atoms with Crippen molar-refractivity contribution >= 4 is 5.91 Å². The Balaban J connectivity index is 2.00. The van der Waals surface area contributed by atoms with Crippen molar-refractivity contribution in [3.05, 3.63) is 47.1 Å². The Kier molecular flexibility index (Phi) is 3.26. The highest BCUT2D eigenvalue weighted by molar-refractivity contribution is 5.95. The van der Waals surface area contributed by atoms with Gasteiger partial charge in [-0.15, -0.1) is 0 Å². The van der Waals surface area contributed by atoms with E-state index in [0.29, 0.717) is 6.07 Å². The molecule has 1 aromatic carbocycles. The van der Waals surface area contributed by atoms with Crippen molar-refractivity contribution in [1.29, 1.82) is 0 Å². The van der Waals surface area contributed by atoms with E-state index in [1.807, 2.05) is 6.08 Å². The summed E-state index contributed by atoms with van der Waals surface area (Å²) in [4.78, 5) is 13.8. The molecule has 1 amide bonds. The summed E-state index contributed by atoms with van der Waals surface area (Å²) < 4.78 is 53.3. The number of halogens is 4. The molecule has 1 aromatic rings. The molecule has 2 nitrogen and oxygen atoms in total. The van der Waals surface area contributed by atoms with Gasteiger partial charge in [-0.05, 0) is 18.9 Å². The number of rotatable bonds is 1. The van der Waals surface area contributed by atoms with Crippen LogP contribution in [-0.2, 0) is 0 Å². The summed E-state index contributed by atoms with van der Waals surface area (Å²) in [5, 5.41) is 0. The maximum Gasteiger partial charge on any atom is 0.258 e. The van der Waals surface area contributed by atoms with Crippen LogP contribution >= 0.6 is 0 Å². The van der Waals surface area contributed by atoms with Crippen molar-refractivity contribution < 1.29 is 22.4 Å². The SMILES string of the molecule is O=C(c1cc(F)c(F)c(F)c1F)N1CC=CC12CCCC2. The Morgan fingerprint density at radius 2 is 1.71 bits per heavy atom. The molecular formula is C15H13F4NO. The first-order valence-corrected chi connectivity index (χ1v) is 6.79. The van der Waals surface area contributed by atoms with Gasteiger partial charge in [-0.25, -0.2) is 17.6 Å². The molecule has 1 aliphatic heterocycles. The molecule has 0 N–H and O–H groups in total. The molecule has 2 aliphatic rings. The van der Waals surface area contributed by atoms with Gasteiger partial charge in [-0.1, -0.05) is 25.0 Å². The van der Waals surface area contributed by atoms with E-state index in [0.717, 1.165) is 25.7 Å². The van der Waals surface area contributed by atoms with E-state index >= 15 is 0 Å². The summed E-state index contributed by atoms with van der Waals surface area (Å²) in [6.45, 7) is 0.263. The molecule has 1 saturated carbocycles. The van der Waals surface area contributed by atoms with Crippen LogP contribution < -0.4 is 0 Å². The van der Waals surface area contributed by atoms with Crippen molar-refractivity contribution in [3.63, 3.8) is 0 Å². The molecule has 1 spiro atoms. The van der Waals surface area contributed by atoms with Crippen LogP contribution in [0.1, 0.15) is 36.0 Å². The van der Waals surface area contributed by atoms with Gasteiger partial charge in [0, 0.05) is 6.54 Å². The highest BCUT2D eigenvalue weighted by Crippen LogP contribution is 2.40. The number of carbonyl (C=O) groups excluding carboxylic acids is 1. The van der Waals surface area contributed by atoms with Crippen LogP contribution in [0, 0.1) is 23.3 Å². The quantitative estimate of drug-likeness (QED) is 0.336. The largest absolute Gasteiger partial charge is 0.326 e. The van der Waals surface area contributed by atoms with Crippen LogP contribution in [0.2, 0.25) is 0 Å². The van der Waals surface area contributed by atoms with Gasteiger partial charge in [-0.3, -0.25) is 4.79 Å². The first-order chi connectivity index (χ1) is 9.96. The normalized spacial score (nSPS) is 19.7. The third-order valence-corrected chi connectivity index (χ3v) is 4.30. The monoisotopic (exact) mass is 299 g/mol. The van der Waals surface area contributed by atoms with E-state index in [1.54, 1.807) is 6.08 Å². The second-order valence-electron chi connectivity index (χ2n) is 5.48. The number of hydrogen-bond donors (Lipinski definition) is 0. The molecule has 0 atom stereocenters. The van der Waals surface area contributed by atoms with Crippen LogP contribution in [0.3, 0.4) is 0 Å². The molecule has 0 unspecified atom stereocenters. The molecule has 21 heavy (non-hydrogen) atoms. The molecule has 3 rings (SSSR count). The molecule has 0 saturated heterocycles. The summed E-state index contributed by atoms with van der Waals surface area (Å²) in [5.41, 5.74) is -1.26. The first kappa shape index (κ1) is 14.1. The van der Waals surface area contributed by atoms with Crippen molar-refractivity contribution in [2.45, 2.75) is 31.2 Å². The van der Waals surface area contributed by atoms with Gasteiger partial charge in [-0.2, -0.15) is 0 Å². The Hall–Kier alpha value is -1.85. The number of nitrogens with zero attached hydrogens (tertiary/aromatic N) is 1. The summed E-state index contributed by atoms with van der Waals surface area (Å²) in [5.74, 6) is -7.87. The lowest BCUT2D eigenvalue weighted by molar-refractivity contribution is 0.0637. The third kappa shape index (κ3) is 2.04. The predicted octanol–water partition coefficient (Wildman–Crippen LogP) is 3.57. The van der Waals surface area contributed by atoms with Crippen molar-refractivity contribution in [3.8, 4) is 0 Å². The zero-order valence-corrected chi connectivity index (χ0v) is 11.1. The van der Waals surface area contributed by atoms with Crippen LogP contribution in [0.15, 0.2) is 18.2 Å². The van der Waals surface area contributed by atoms with Gasteiger partial charge in [0.05, 0.1) is 11.1 Å². The second-order valence-corrected chi connectivity index (χ2v) is 5.48. The van der Waals surface area contributed by atoms with Crippen LogP contribution in [0.4, 0.5) is 17.6 Å². The van der Waals surface area contributed by atoms with Gasteiger partial charge in [0.15, 0.2) is 23.3 Å². The van der Waals surface area contributed by atoms with Crippen molar-refractivity contribution in [2.24, 2.45) is 0 Å². The fourth-order valence-electron chi connectivity index (χ4n) is 3.23. The maximum absolute atomic E-state index is 13.8. The number of carbonyl (C=O) groups is 1. The number of hydrogen-bond acceptors (Lipinski definition) is 1.